The highest BCUT2D eigenvalue weighted by Crippen LogP contribution is 2.28. The molecular formula is C21H19N3O3. The minimum absolute atomic E-state index is 0.326. The van der Waals surface area contributed by atoms with Crippen molar-refractivity contribution in [2.45, 2.75) is 6.61 Å². The molecule has 0 fully saturated rings. The van der Waals surface area contributed by atoms with Gasteiger partial charge in [-0.2, -0.15) is 5.10 Å². The van der Waals surface area contributed by atoms with Crippen LogP contribution in [0.5, 0.6) is 11.5 Å². The topological polar surface area (TPSA) is 72.8 Å². The van der Waals surface area contributed by atoms with E-state index < -0.39 is 0 Å². The molecule has 0 atom stereocenters. The van der Waals surface area contributed by atoms with E-state index in [2.05, 4.69) is 15.5 Å². The van der Waals surface area contributed by atoms with Gasteiger partial charge in [-0.15, -0.1) is 0 Å². The Hall–Kier alpha value is -3.67. The van der Waals surface area contributed by atoms with E-state index >= 15 is 0 Å². The molecule has 1 heterocycles. The van der Waals surface area contributed by atoms with E-state index in [0.717, 1.165) is 11.1 Å². The molecule has 0 spiro atoms. The third-order valence-corrected chi connectivity index (χ3v) is 3.73. The first kappa shape index (κ1) is 18.1. The third-order valence-electron chi connectivity index (χ3n) is 3.73. The van der Waals surface area contributed by atoms with Crippen LogP contribution in [0.25, 0.3) is 0 Å². The first-order chi connectivity index (χ1) is 13.3. The SMILES string of the molecule is COc1ccc(/C=N\NC(=O)c2cccnc2)cc1OCc1ccccc1. The smallest absolute Gasteiger partial charge is 0.272 e. The maximum absolute atomic E-state index is 12.0. The van der Waals surface area contributed by atoms with Crippen LogP contribution in [0.4, 0.5) is 0 Å². The Kier molecular flexibility index (Phi) is 6.14. The molecule has 136 valence electrons. The van der Waals surface area contributed by atoms with Gasteiger partial charge in [0.1, 0.15) is 6.61 Å². The first-order valence-electron chi connectivity index (χ1n) is 8.34. The van der Waals surface area contributed by atoms with Crippen LogP contribution in [-0.4, -0.2) is 24.2 Å². The lowest BCUT2D eigenvalue weighted by Gasteiger charge is -2.11. The number of carbonyl (C=O) groups is 1. The van der Waals surface area contributed by atoms with Crippen molar-refractivity contribution in [1.29, 1.82) is 0 Å². The molecule has 1 aromatic heterocycles. The minimum atomic E-state index is -0.326. The predicted octanol–water partition coefficient (Wildman–Crippen LogP) is 3.43. The molecule has 0 bridgehead atoms. The fourth-order valence-corrected chi connectivity index (χ4v) is 2.35. The van der Waals surface area contributed by atoms with Gasteiger partial charge < -0.3 is 9.47 Å². The molecule has 6 nitrogen and oxygen atoms in total. The number of carbonyl (C=O) groups excluding carboxylic acids is 1. The maximum Gasteiger partial charge on any atom is 0.272 e. The quantitative estimate of drug-likeness (QED) is 0.517. The van der Waals surface area contributed by atoms with Crippen molar-refractivity contribution in [2.24, 2.45) is 5.10 Å². The van der Waals surface area contributed by atoms with Gasteiger partial charge >= 0.3 is 0 Å². The molecule has 3 rings (SSSR count). The Morgan fingerprint density at radius 1 is 1.11 bits per heavy atom. The number of nitrogens with zero attached hydrogens (tertiary/aromatic N) is 2. The first-order valence-corrected chi connectivity index (χ1v) is 8.34. The average Bonchev–Trinajstić information content (AvgIpc) is 2.73. The molecule has 0 saturated heterocycles. The summed E-state index contributed by atoms with van der Waals surface area (Å²) in [6.45, 7) is 0.426. The highest BCUT2D eigenvalue weighted by Gasteiger charge is 2.06. The Morgan fingerprint density at radius 3 is 2.70 bits per heavy atom. The summed E-state index contributed by atoms with van der Waals surface area (Å²) in [5.41, 5.74) is 4.74. The number of nitrogens with one attached hydrogen (secondary N) is 1. The zero-order valence-corrected chi connectivity index (χ0v) is 14.8. The van der Waals surface area contributed by atoms with E-state index in [1.807, 2.05) is 42.5 Å². The molecule has 0 aliphatic carbocycles. The number of rotatable bonds is 7. The fourth-order valence-electron chi connectivity index (χ4n) is 2.35. The summed E-state index contributed by atoms with van der Waals surface area (Å²) in [6.07, 6.45) is 4.63. The van der Waals surface area contributed by atoms with Gasteiger partial charge in [0, 0.05) is 12.4 Å². The molecule has 0 radical (unpaired) electrons. The number of benzene rings is 2. The van der Waals surface area contributed by atoms with Crippen molar-refractivity contribution in [3.05, 3.63) is 89.7 Å². The molecule has 0 aliphatic rings. The van der Waals surface area contributed by atoms with Gasteiger partial charge in [0.15, 0.2) is 11.5 Å². The zero-order valence-electron chi connectivity index (χ0n) is 14.8. The Morgan fingerprint density at radius 2 is 1.96 bits per heavy atom. The number of ether oxygens (including phenoxy) is 2. The number of amides is 1. The van der Waals surface area contributed by atoms with Gasteiger partial charge in [0.05, 0.1) is 18.9 Å². The number of aromatic nitrogens is 1. The van der Waals surface area contributed by atoms with Crippen molar-refractivity contribution in [2.75, 3.05) is 7.11 Å². The third kappa shape index (κ3) is 5.15. The van der Waals surface area contributed by atoms with Crippen LogP contribution in [0.1, 0.15) is 21.5 Å². The van der Waals surface area contributed by atoms with E-state index in [1.165, 1.54) is 6.20 Å². The molecular weight excluding hydrogens is 342 g/mol. The van der Waals surface area contributed by atoms with E-state index in [-0.39, 0.29) is 5.91 Å². The van der Waals surface area contributed by atoms with Crippen LogP contribution < -0.4 is 14.9 Å². The van der Waals surface area contributed by atoms with E-state index in [0.29, 0.717) is 23.7 Å². The number of hydrazone groups is 1. The zero-order chi connectivity index (χ0) is 18.9. The lowest BCUT2D eigenvalue weighted by molar-refractivity contribution is 0.0955. The largest absolute Gasteiger partial charge is 0.493 e. The summed E-state index contributed by atoms with van der Waals surface area (Å²) in [5.74, 6) is 0.903. The van der Waals surface area contributed by atoms with Crippen LogP contribution in [-0.2, 0) is 6.61 Å². The van der Waals surface area contributed by atoms with Crippen molar-refractivity contribution in [1.82, 2.24) is 10.4 Å². The second-order valence-electron chi connectivity index (χ2n) is 5.63. The van der Waals surface area contributed by atoms with Crippen LogP contribution in [0.2, 0.25) is 0 Å². The van der Waals surface area contributed by atoms with Gasteiger partial charge in [-0.25, -0.2) is 5.43 Å². The van der Waals surface area contributed by atoms with E-state index in [9.17, 15) is 4.79 Å². The number of hydrogen-bond acceptors (Lipinski definition) is 5. The molecule has 1 N–H and O–H groups in total. The standard InChI is InChI=1S/C21H19N3O3/c1-26-19-10-9-17(12-20(19)27-15-16-6-3-2-4-7-16)13-23-24-21(25)18-8-5-11-22-14-18/h2-14H,15H2,1H3,(H,24,25)/b23-13-. The summed E-state index contributed by atoms with van der Waals surface area (Å²) < 4.78 is 11.2. The molecule has 0 saturated carbocycles. The summed E-state index contributed by atoms with van der Waals surface area (Å²) in [7, 11) is 1.59. The van der Waals surface area contributed by atoms with Crippen molar-refractivity contribution >= 4 is 12.1 Å². The number of hydrogen-bond donors (Lipinski definition) is 1. The average molecular weight is 361 g/mol. The van der Waals surface area contributed by atoms with Crippen LogP contribution in [0.3, 0.4) is 0 Å². The summed E-state index contributed by atoms with van der Waals surface area (Å²) in [4.78, 5) is 15.9. The monoisotopic (exact) mass is 361 g/mol. The molecule has 0 aliphatic heterocycles. The highest BCUT2D eigenvalue weighted by molar-refractivity contribution is 5.94. The second kappa shape index (κ2) is 9.15. The molecule has 2 aromatic carbocycles. The normalized spacial score (nSPS) is 10.6. The summed E-state index contributed by atoms with van der Waals surface area (Å²) in [5, 5.41) is 3.98. The Balaban J connectivity index is 1.66. The van der Waals surface area contributed by atoms with E-state index in [4.69, 9.17) is 9.47 Å². The minimum Gasteiger partial charge on any atom is -0.493 e. The number of pyridine rings is 1. The molecule has 1 amide bonds. The van der Waals surface area contributed by atoms with Crippen molar-refractivity contribution < 1.29 is 14.3 Å². The molecule has 0 unspecified atom stereocenters. The van der Waals surface area contributed by atoms with Crippen LogP contribution in [0.15, 0.2) is 78.2 Å². The molecule has 3 aromatic rings. The predicted molar refractivity (Wildman–Crippen MR) is 103 cm³/mol. The van der Waals surface area contributed by atoms with Gasteiger partial charge in [0.2, 0.25) is 0 Å². The van der Waals surface area contributed by atoms with Gasteiger partial charge in [-0.3, -0.25) is 9.78 Å². The molecule has 6 heteroatoms. The Bertz CT molecular complexity index is 912. The van der Waals surface area contributed by atoms with E-state index in [1.54, 1.807) is 37.7 Å². The van der Waals surface area contributed by atoms with Gasteiger partial charge in [0.25, 0.3) is 5.91 Å². The second-order valence-corrected chi connectivity index (χ2v) is 5.63. The van der Waals surface area contributed by atoms with Crippen LogP contribution >= 0.6 is 0 Å². The Labute approximate surface area is 157 Å². The lowest BCUT2D eigenvalue weighted by atomic mass is 10.2. The molecule has 27 heavy (non-hydrogen) atoms. The fraction of sp³-hybridized carbons (Fsp3) is 0.0952. The highest BCUT2D eigenvalue weighted by atomic mass is 16.5. The van der Waals surface area contributed by atoms with Gasteiger partial charge in [-0.05, 0) is 41.5 Å². The van der Waals surface area contributed by atoms with Crippen molar-refractivity contribution in [3.8, 4) is 11.5 Å². The van der Waals surface area contributed by atoms with Crippen molar-refractivity contribution in [3.63, 3.8) is 0 Å². The van der Waals surface area contributed by atoms with Crippen LogP contribution in [0, 0.1) is 0 Å². The number of methoxy groups -OCH3 is 1. The summed E-state index contributed by atoms with van der Waals surface area (Å²) >= 11 is 0. The van der Waals surface area contributed by atoms with Gasteiger partial charge in [-0.1, -0.05) is 30.3 Å². The lowest BCUT2D eigenvalue weighted by Crippen LogP contribution is -2.17. The maximum atomic E-state index is 12.0. The summed E-state index contributed by atoms with van der Waals surface area (Å²) in [6, 6.07) is 18.7.